The lowest BCUT2D eigenvalue weighted by molar-refractivity contribution is 0.0600. The maximum Gasteiger partial charge on any atom is 0.337 e. The second-order valence-corrected chi connectivity index (χ2v) is 6.29. The minimum absolute atomic E-state index is 0.120. The number of ether oxygens (including phenoxy) is 1. The molecule has 3 aromatic rings. The molecule has 3 rings (SSSR count). The van der Waals surface area contributed by atoms with Gasteiger partial charge in [0.2, 0.25) is 5.95 Å². The van der Waals surface area contributed by atoms with Crippen molar-refractivity contribution in [1.82, 2.24) is 14.9 Å². The molecule has 7 heteroatoms. The first-order chi connectivity index (χ1) is 14.1. The highest BCUT2D eigenvalue weighted by Gasteiger charge is 2.15. The molecule has 1 heterocycles. The molecule has 1 N–H and O–H groups in total. The quantitative estimate of drug-likeness (QED) is 0.620. The third-order valence-electron chi connectivity index (χ3n) is 4.35. The molecule has 0 atom stereocenters. The Kier molecular flexibility index (Phi) is 6.52. The van der Waals surface area contributed by atoms with E-state index in [2.05, 4.69) is 20.0 Å². The molecular formula is C22H22N4O3. The zero-order chi connectivity index (χ0) is 20.6. The number of esters is 1. The summed E-state index contributed by atoms with van der Waals surface area (Å²) in [5.74, 6) is -0.157. The van der Waals surface area contributed by atoms with E-state index in [0.717, 1.165) is 11.3 Å². The lowest BCUT2D eigenvalue weighted by Crippen LogP contribution is -2.30. The summed E-state index contributed by atoms with van der Waals surface area (Å²) < 4.78 is 4.68. The van der Waals surface area contributed by atoms with Gasteiger partial charge in [0.1, 0.15) is 0 Å². The molecule has 0 fully saturated rings. The summed E-state index contributed by atoms with van der Waals surface area (Å²) in [4.78, 5) is 34.4. The van der Waals surface area contributed by atoms with Crippen LogP contribution in [0.1, 0.15) is 33.2 Å². The number of nitrogens with one attached hydrogen (secondary N) is 1. The minimum atomic E-state index is -0.397. The first-order valence-electron chi connectivity index (χ1n) is 9.21. The average Bonchev–Trinajstić information content (AvgIpc) is 2.78. The minimum Gasteiger partial charge on any atom is -0.465 e. The van der Waals surface area contributed by atoms with Gasteiger partial charge in [0.25, 0.3) is 5.91 Å². The lowest BCUT2D eigenvalue weighted by atomic mass is 10.2. The van der Waals surface area contributed by atoms with Crippen LogP contribution in [0.2, 0.25) is 0 Å². The SMILES string of the molecule is CCN(Cc1ccccc1)C(=O)c1cnc(Nc2ccc(C(=O)OC)cc2)nc1. The van der Waals surface area contributed by atoms with Gasteiger partial charge in [-0.25, -0.2) is 14.8 Å². The standard InChI is InChI=1S/C22H22N4O3/c1-3-26(15-16-7-5-4-6-8-16)20(27)18-13-23-22(24-14-18)25-19-11-9-17(10-12-19)21(28)29-2/h4-14H,3,15H2,1-2H3,(H,23,24,25). The Morgan fingerprint density at radius 2 is 1.62 bits per heavy atom. The molecule has 2 aromatic carbocycles. The highest BCUT2D eigenvalue weighted by molar-refractivity contribution is 5.93. The van der Waals surface area contributed by atoms with Crippen molar-refractivity contribution in [2.24, 2.45) is 0 Å². The van der Waals surface area contributed by atoms with Crippen molar-refractivity contribution in [3.63, 3.8) is 0 Å². The van der Waals surface area contributed by atoms with Gasteiger partial charge < -0.3 is 15.0 Å². The van der Waals surface area contributed by atoms with E-state index in [1.165, 1.54) is 19.5 Å². The van der Waals surface area contributed by atoms with Crippen LogP contribution >= 0.6 is 0 Å². The van der Waals surface area contributed by atoms with Crippen molar-refractivity contribution < 1.29 is 14.3 Å². The molecule has 0 unspecified atom stereocenters. The fraction of sp³-hybridized carbons (Fsp3) is 0.182. The second-order valence-electron chi connectivity index (χ2n) is 6.29. The fourth-order valence-electron chi connectivity index (χ4n) is 2.75. The predicted octanol–water partition coefficient (Wildman–Crippen LogP) is 3.67. The molecular weight excluding hydrogens is 368 g/mol. The number of carbonyl (C=O) groups excluding carboxylic acids is 2. The van der Waals surface area contributed by atoms with Gasteiger partial charge >= 0.3 is 5.97 Å². The average molecular weight is 390 g/mol. The summed E-state index contributed by atoms with van der Waals surface area (Å²) >= 11 is 0. The van der Waals surface area contributed by atoms with Gasteiger partial charge in [-0.3, -0.25) is 4.79 Å². The van der Waals surface area contributed by atoms with E-state index in [1.54, 1.807) is 29.2 Å². The van der Waals surface area contributed by atoms with Crippen LogP contribution < -0.4 is 5.32 Å². The van der Waals surface area contributed by atoms with Crippen molar-refractivity contribution in [3.8, 4) is 0 Å². The Morgan fingerprint density at radius 1 is 0.966 bits per heavy atom. The van der Waals surface area contributed by atoms with Crippen LogP contribution in [0.15, 0.2) is 67.0 Å². The maximum atomic E-state index is 12.8. The number of anilines is 2. The van der Waals surface area contributed by atoms with E-state index in [9.17, 15) is 9.59 Å². The van der Waals surface area contributed by atoms with Gasteiger partial charge in [-0.15, -0.1) is 0 Å². The predicted molar refractivity (Wildman–Crippen MR) is 110 cm³/mol. The molecule has 148 valence electrons. The van der Waals surface area contributed by atoms with Gasteiger partial charge in [0, 0.05) is 31.2 Å². The highest BCUT2D eigenvalue weighted by Crippen LogP contribution is 2.15. The number of benzene rings is 2. The zero-order valence-electron chi connectivity index (χ0n) is 16.3. The molecule has 0 bridgehead atoms. The van der Waals surface area contributed by atoms with E-state index in [1.807, 2.05) is 37.3 Å². The van der Waals surface area contributed by atoms with Crippen molar-refractivity contribution in [2.45, 2.75) is 13.5 Å². The van der Waals surface area contributed by atoms with Crippen LogP contribution in [0.4, 0.5) is 11.6 Å². The van der Waals surface area contributed by atoms with Gasteiger partial charge in [-0.05, 0) is 36.8 Å². The Hall–Kier alpha value is -3.74. The van der Waals surface area contributed by atoms with Crippen LogP contribution in [0.25, 0.3) is 0 Å². The third-order valence-corrected chi connectivity index (χ3v) is 4.35. The lowest BCUT2D eigenvalue weighted by Gasteiger charge is -2.20. The Morgan fingerprint density at radius 3 is 2.21 bits per heavy atom. The molecule has 0 radical (unpaired) electrons. The Balaban J connectivity index is 1.65. The fourth-order valence-corrected chi connectivity index (χ4v) is 2.75. The van der Waals surface area contributed by atoms with Crippen molar-refractivity contribution >= 4 is 23.5 Å². The molecule has 0 spiro atoms. The summed E-state index contributed by atoms with van der Waals surface area (Å²) in [6.45, 7) is 3.05. The van der Waals surface area contributed by atoms with Gasteiger partial charge in [-0.2, -0.15) is 0 Å². The van der Waals surface area contributed by atoms with E-state index in [4.69, 9.17) is 0 Å². The molecule has 29 heavy (non-hydrogen) atoms. The topological polar surface area (TPSA) is 84.4 Å². The van der Waals surface area contributed by atoms with Crippen molar-refractivity contribution in [1.29, 1.82) is 0 Å². The number of rotatable bonds is 7. The van der Waals surface area contributed by atoms with Gasteiger partial charge in [-0.1, -0.05) is 30.3 Å². The van der Waals surface area contributed by atoms with Crippen LogP contribution in [0, 0.1) is 0 Å². The van der Waals surface area contributed by atoms with Crippen LogP contribution in [0.5, 0.6) is 0 Å². The first kappa shape index (κ1) is 20.0. The first-order valence-corrected chi connectivity index (χ1v) is 9.21. The summed E-state index contributed by atoms with van der Waals surface area (Å²) in [5, 5.41) is 3.04. The summed E-state index contributed by atoms with van der Waals surface area (Å²) in [5.41, 5.74) is 2.67. The number of hydrogen-bond acceptors (Lipinski definition) is 6. The third kappa shape index (κ3) is 5.16. The smallest absolute Gasteiger partial charge is 0.337 e. The molecule has 0 saturated heterocycles. The summed E-state index contributed by atoms with van der Waals surface area (Å²) in [7, 11) is 1.34. The van der Waals surface area contributed by atoms with Gasteiger partial charge in [0.15, 0.2) is 0 Å². The van der Waals surface area contributed by atoms with E-state index in [-0.39, 0.29) is 5.91 Å². The number of methoxy groups -OCH3 is 1. The number of amides is 1. The molecule has 1 amide bonds. The molecule has 1 aromatic heterocycles. The highest BCUT2D eigenvalue weighted by atomic mass is 16.5. The van der Waals surface area contributed by atoms with Crippen LogP contribution in [-0.2, 0) is 11.3 Å². The molecule has 0 aliphatic carbocycles. The number of hydrogen-bond donors (Lipinski definition) is 1. The monoisotopic (exact) mass is 390 g/mol. The molecule has 0 aliphatic heterocycles. The number of nitrogens with zero attached hydrogens (tertiary/aromatic N) is 3. The zero-order valence-corrected chi connectivity index (χ0v) is 16.3. The number of carbonyl (C=O) groups is 2. The van der Waals surface area contributed by atoms with Crippen LogP contribution in [-0.4, -0.2) is 40.4 Å². The normalized spacial score (nSPS) is 10.3. The molecule has 0 aliphatic rings. The molecule has 0 saturated carbocycles. The number of aromatic nitrogens is 2. The Labute approximate surface area is 169 Å². The van der Waals surface area contributed by atoms with Crippen LogP contribution in [0.3, 0.4) is 0 Å². The Bertz CT molecular complexity index is 958. The largest absolute Gasteiger partial charge is 0.465 e. The summed E-state index contributed by atoms with van der Waals surface area (Å²) in [6.07, 6.45) is 3.02. The van der Waals surface area contributed by atoms with Crippen molar-refractivity contribution in [2.75, 3.05) is 19.0 Å². The second kappa shape index (κ2) is 9.45. The molecule has 7 nitrogen and oxygen atoms in total. The van der Waals surface area contributed by atoms with E-state index in [0.29, 0.717) is 30.2 Å². The van der Waals surface area contributed by atoms with E-state index < -0.39 is 5.97 Å². The van der Waals surface area contributed by atoms with Crippen molar-refractivity contribution in [3.05, 3.63) is 83.7 Å². The maximum absolute atomic E-state index is 12.8. The van der Waals surface area contributed by atoms with E-state index >= 15 is 0 Å². The van der Waals surface area contributed by atoms with Gasteiger partial charge in [0.05, 0.1) is 18.2 Å². The summed E-state index contributed by atoms with van der Waals surface area (Å²) in [6, 6.07) is 16.6.